The molecule has 1 aliphatic carbocycles. The lowest BCUT2D eigenvalue weighted by atomic mass is 9.89. The summed E-state index contributed by atoms with van der Waals surface area (Å²) in [5.74, 6) is -2.16. The first-order chi connectivity index (χ1) is 17.2. The highest BCUT2D eigenvalue weighted by Gasteiger charge is 2.37. The van der Waals surface area contributed by atoms with Gasteiger partial charge in [-0.05, 0) is 50.8 Å². The number of aromatic amines is 1. The van der Waals surface area contributed by atoms with E-state index in [9.17, 15) is 18.7 Å². The number of fused-ring (bicyclic) bond motifs is 1. The van der Waals surface area contributed by atoms with Gasteiger partial charge in [0.25, 0.3) is 5.56 Å². The van der Waals surface area contributed by atoms with E-state index in [4.69, 9.17) is 9.15 Å². The summed E-state index contributed by atoms with van der Waals surface area (Å²) in [5, 5.41) is 15.2. The number of halogens is 2. The number of methoxy groups -OCH3 is 1. The third-order valence-corrected chi connectivity index (χ3v) is 7.21. The van der Waals surface area contributed by atoms with Crippen molar-refractivity contribution < 1.29 is 23.0 Å². The second-order valence-electron chi connectivity index (χ2n) is 9.46. The molecule has 0 bridgehead atoms. The predicted molar refractivity (Wildman–Crippen MR) is 136 cm³/mol. The zero-order valence-electron chi connectivity index (χ0n) is 21.3. The Bertz CT molecular complexity index is 1260. The van der Waals surface area contributed by atoms with Crippen molar-refractivity contribution in [1.82, 2.24) is 10.3 Å². The second-order valence-corrected chi connectivity index (χ2v) is 9.46. The van der Waals surface area contributed by atoms with Crippen LogP contribution in [0.4, 0.5) is 14.5 Å². The zero-order valence-corrected chi connectivity index (χ0v) is 21.3. The van der Waals surface area contributed by atoms with Gasteiger partial charge in [0.05, 0.1) is 18.9 Å². The van der Waals surface area contributed by atoms with Crippen molar-refractivity contribution in [3.63, 3.8) is 0 Å². The molecule has 1 atom stereocenters. The number of aromatic nitrogens is 1. The summed E-state index contributed by atoms with van der Waals surface area (Å²) in [6.07, 6.45) is 1.68. The quantitative estimate of drug-likeness (QED) is 0.349. The lowest BCUT2D eigenvalue weighted by molar-refractivity contribution is -0.0380. The fourth-order valence-electron chi connectivity index (χ4n) is 5.41. The van der Waals surface area contributed by atoms with Crippen molar-refractivity contribution in [2.45, 2.75) is 77.6 Å². The number of nitrogens with one attached hydrogen (secondary N) is 2. The number of furan rings is 1. The third-order valence-electron chi connectivity index (χ3n) is 7.21. The number of rotatable bonds is 9. The fraction of sp³-hybridized carbons (Fsp3) is 0.519. The number of hydrogen-bond donors (Lipinski definition) is 3. The maximum absolute atomic E-state index is 13.9. The Kier molecular flexibility index (Phi) is 7.70. The molecular weight excluding hydrogens is 468 g/mol. The van der Waals surface area contributed by atoms with Gasteiger partial charge in [-0.25, -0.2) is 8.78 Å². The number of H-pyrrole nitrogens is 1. The van der Waals surface area contributed by atoms with Crippen LogP contribution in [0.2, 0.25) is 0 Å². The molecule has 0 aliphatic heterocycles. The Morgan fingerprint density at radius 3 is 2.64 bits per heavy atom. The van der Waals surface area contributed by atoms with E-state index in [1.54, 1.807) is 19.3 Å². The molecule has 1 aromatic carbocycles. The first kappa shape index (κ1) is 26.2. The third kappa shape index (κ3) is 5.13. The van der Waals surface area contributed by atoms with Crippen LogP contribution in [0.25, 0.3) is 11.0 Å². The SMILES string of the molecule is CCc1c(N(CC)C2CCC(F)(F)CC2)cc2occc2c1C(O)NCc1c(OC)cc(C)[nH]c1=O. The van der Waals surface area contributed by atoms with Crippen LogP contribution >= 0.6 is 0 Å². The topological polar surface area (TPSA) is 90.7 Å². The lowest BCUT2D eigenvalue weighted by Gasteiger charge is -2.39. The monoisotopic (exact) mass is 503 g/mol. The minimum absolute atomic E-state index is 0.0133. The number of alkyl halides is 2. The van der Waals surface area contributed by atoms with E-state index >= 15 is 0 Å². The number of aryl methyl sites for hydroxylation is 1. The van der Waals surface area contributed by atoms with Gasteiger partial charge < -0.3 is 24.1 Å². The van der Waals surface area contributed by atoms with Gasteiger partial charge in [0.15, 0.2) is 0 Å². The summed E-state index contributed by atoms with van der Waals surface area (Å²) in [6.45, 7) is 6.54. The van der Waals surface area contributed by atoms with Crippen LogP contribution in [0.3, 0.4) is 0 Å². The molecule has 1 unspecified atom stereocenters. The minimum atomic E-state index is -2.60. The molecule has 0 radical (unpaired) electrons. The van der Waals surface area contributed by atoms with Crippen LogP contribution in [0.15, 0.2) is 33.7 Å². The average molecular weight is 504 g/mol. The van der Waals surface area contributed by atoms with Crippen molar-refractivity contribution in [3.05, 3.63) is 57.2 Å². The van der Waals surface area contributed by atoms with Crippen molar-refractivity contribution in [1.29, 1.82) is 0 Å². The largest absolute Gasteiger partial charge is 0.496 e. The van der Waals surface area contributed by atoms with Gasteiger partial charge in [-0.15, -0.1) is 0 Å². The molecule has 0 amide bonds. The first-order valence-electron chi connectivity index (χ1n) is 12.5. The van der Waals surface area contributed by atoms with E-state index in [0.29, 0.717) is 54.0 Å². The number of pyridine rings is 1. The molecule has 3 N–H and O–H groups in total. The molecule has 1 fully saturated rings. The number of ether oxygens (including phenoxy) is 1. The molecule has 4 rings (SSSR count). The number of aliphatic hydroxyl groups is 1. The number of hydrogen-bond acceptors (Lipinski definition) is 6. The number of anilines is 1. The number of aliphatic hydroxyl groups excluding tert-OH is 1. The Hall–Kier alpha value is -2.91. The van der Waals surface area contributed by atoms with Gasteiger partial charge in [-0.3, -0.25) is 10.1 Å². The second kappa shape index (κ2) is 10.6. The van der Waals surface area contributed by atoms with Gasteiger partial charge in [0.2, 0.25) is 5.92 Å². The molecule has 0 spiro atoms. The van der Waals surface area contributed by atoms with Gasteiger partial charge >= 0.3 is 0 Å². The standard InChI is InChI=1S/C27H35F2N3O4/c1-5-18-21(32(6-2)17-7-10-27(28,29)11-8-17)14-23-19(9-12-36-23)24(18)26(34)30-15-20-22(35-4)13-16(3)31-25(20)33/h9,12-14,17,26,30,34H,5-8,10-11,15H2,1-4H3,(H,31,33). The van der Waals surface area contributed by atoms with E-state index in [-0.39, 0.29) is 31.0 Å². The van der Waals surface area contributed by atoms with Crippen molar-refractivity contribution in [2.24, 2.45) is 0 Å². The van der Waals surface area contributed by atoms with Crippen molar-refractivity contribution in [2.75, 3.05) is 18.6 Å². The van der Waals surface area contributed by atoms with Crippen molar-refractivity contribution >= 4 is 16.7 Å². The molecule has 1 aliphatic rings. The molecule has 9 heteroatoms. The molecule has 2 aromatic heterocycles. The Labute approximate surface area is 209 Å². The normalized spacial score (nSPS) is 16.9. The Morgan fingerprint density at radius 1 is 1.28 bits per heavy atom. The van der Waals surface area contributed by atoms with Crippen LogP contribution in [-0.4, -0.2) is 35.7 Å². The molecule has 7 nitrogen and oxygen atoms in total. The van der Waals surface area contributed by atoms with Gasteiger partial charge in [-0.2, -0.15) is 0 Å². The number of benzene rings is 1. The van der Waals surface area contributed by atoms with Crippen LogP contribution in [0.5, 0.6) is 5.75 Å². The van der Waals surface area contributed by atoms with Crippen LogP contribution in [-0.2, 0) is 13.0 Å². The van der Waals surface area contributed by atoms with E-state index < -0.39 is 12.2 Å². The van der Waals surface area contributed by atoms with E-state index in [1.807, 2.05) is 26.0 Å². The highest BCUT2D eigenvalue weighted by atomic mass is 19.3. The van der Waals surface area contributed by atoms with Gasteiger partial charge in [0, 0.05) is 60.4 Å². The zero-order chi connectivity index (χ0) is 26.0. The maximum atomic E-state index is 13.9. The highest BCUT2D eigenvalue weighted by molar-refractivity contribution is 5.88. The Morgan fingerprint density at radius 2 is 2.00 bits per heavy atom. The van der Waals surface area contributed by atoms with E-state index in [0.717, 1.165) is 16.6 Å². The van der Waals surface area contributed by atoms with Crippen LogP contribution < -0.4 is 20.5 Å². The van der Waals surface area contributed by atoms with E-state index in [1.165, 1.54) is 7.11 Å². The lowest BCUT2D eigenvalue weighted by Crippen LogP contribution is -2.41. The molecule has 36 heavy (non-hydrogen) atoms. The minimum Gasteiger partial charge on any atom is -0.496 e. The molecule has 196 valence electrons. The first-order valence-corrected chi connectivity index (χ1v) is 12.5. The summed E-state index contributed by atoms with van der Waals surface area (Å²) < 4.78 is 38.8. The number of nitrogens with zero attached hydrogens (tertiary/aromatic N) is 1. The van der Waals surface area contributed by atoms with Gasteiger partial charge in [-0.1, -0.05) is 6.92 Å². The summed E-state index contributed by atoms with van der Waals surface area (Å²) in [4.78, 5) is 17.5. The van der Waals surface area contributed by atoms with Gasteiger partial charge in [0.1, 0.15) is 17.6 Å². The fourth-order valence-corrected chi connectivity index (χ4v) is 5.41. The maximum Gasteiger partial charge on any atom is 0.256 e. The highest BCUT2D eigenvalue weighted by Crippen LogP contribution is 2.41. The summed E-state index contributed by atoms with van der Waals surface area (Å²) >= 11 is 0. The average Bonchev–Trinajstić information content (AvgIpc) is 3.31. The molecule has 3 aromatic rings. The van der Waals surface area contributed by atoms with Crippen LogP contribution in [0, 0.1) is 6.92 Å². The van der Waals surface area contributed by atoms with Crippen LogP contribution in [0.1, 0.15) is 68.1 Å². The molecule has 1 saturated carbocycles. The molecule has 2 heterocycles. The Balaban J connectivity index is 1.70. The smallest absolute Gasteiger partial charge is 0.256 e. The molecule has 0 saturated heterocycles. The van der Waals surface area contributed by atoms with E-state index in [2.05, 4.69) is 15.2 Å². The summed E-state index contributed by atoms with van der Waals surface area (Å²) in [5.41, 5.74) is 3.88. The summed E-state index contributed by atoms with van der Waals surface area (Å²) in [7, 11) is 1.50. The van der Waals surface area contributed by atoms with Crippen molar-refractivity contribution in [3.8, 4) is 5.75 Å². The predicted octanol–water partition coefficient (Wildman–Crippen LogP) is 5.19. The molecular formula is C27H35F2N3O4. The summed E-state index contributed by atoms with van der Waals surface area (Å²) in [6, 6.07) is 5.49.